The highest BCUT2D eigenvalue weighted by Crippen LogP contribution is 2.29. The minimum atomic E-state index is -0.0362. The third kappa shape index (κ3) is 3.39. The Labute approximate surface area is 130 Å². The summed E-state index contributed by atoms with van der Waals surface area (Å²) in [5.41, 5.74) is 2.32. The lowest BCUT2D eigenvalue weighted by Crippen LogP contribution is -2.41. The molecule has 22 heavy (non-hydrogen) atoms. The van der Waals surface area contributed by atoms with Crippen molar-refractivity contribution >= 4 is 5.91 Å². The van der Waals surface area contributed by atoms with Crippen LogP contribution in [0.2, 0.25) is 0 Å². The van der Waals surface area contributed by atoms with Crippen molar-refractivity contribution in [3.05, 3.63) is 59.5 Å². The molecule has 1 aromatic carbocycles. The van der Waals surface area contributed by atoms with Crippen LogP contribution < -0.4 is 0 Å². The van der Waals surface area contributed by atoms with Gasteiger partial charge in [0.2, 0.25) is 5.91 Å². The van der Waals surface area contributed by atoms with Crippen molar-refractivity contribution < 1.29 is 13.9 Å². The number of ether oxygens (including phenoxy) is 1. The van der Waals surface area contributed by atoms with Gasteiger partial charge in [0.15, 0.2) is 0 Å². The summed E-state index contributed by atoms with van der Waals surface area (Å²) in [6, 6.07) is 12.1. The Bertz CT molecular complexity index is 598. The van der Waals surface area contributed by atoms with Crippen LogP contribution in [0.15, 0.2) is 47.1 Å². The molecule has 3 rings (SSSR count). The Morgan fingerprint density at radius 1 is 1.18 bits per heavy atom. The number of rotatable bonds is 4. The molecular formula is C18H21NO3. The Hall–Kier alpha value is -2.07. The van der Waals surface area contributed by atoms with E-state index in [1.54, 1.807) is 6.26 Å². The SMILES string of the molecule is Cc1ccc([C@H](CC(=O)N2CCOCC2)c2ccco2)cc1. The van der Waals surface area contributed by atoms with Gasteiger partial charge in [-0.3, -0.25) is 4.79 Å². The van der Waals surface area contributed by atoms with Gasteiger partial charge in [0, 0.05) is 19.5 Å². The van der Waals surface area contributed by atoms with Crippen LogP contribution in [0.3, 0.4) is 0 Å². The van der Waals surface area contributed by atoms with E-state index in [1.165, 1.54) is 5.56 Å². The first-order valence-electron chi connectivity index (χ1n) is 7.69. The molecule has 2 heterocycles. The summed E-state index contributed by atoms with van der Waals surface area (Å²) < 4.78 is 10.9. The van der Waals surface area contributed by atoms with Gasteiger partial charge in [0.05, 0.1) is 25.4 Å². The number of benzene rings is 1. The third-order valence-corrected chi connectivity index (χ3v) is 4.11. The van der Waals surface area contributed by atoms with Gasteiger partial charge < -0.3 is 14.1 Å². The van der Waals surface area contributed by atoms with E-state index in [4.69, 9.17) is 9.15 Å². The molecule has 2 aromatic rings. The second-order valence-corrected chi connectivity index (χ2v) is 5.68. The molecule has 0 saturated carbocycles. The van der Waals surface area contributed by atoms with Crippen LogP contribution >= 0.6 is 0 Å². The Morgan fingerprint density at radius 3 is 2.55 bits per heavy atom. The number of morpholine rings is 1. The van der Waals surface area contributed by atoms with Crippen LogP contribution in [-0.2, 0) is 9.53 Å². The molecule has 0 unspecified atom stereocenters. The van der Waals surface area contributed by atoms with E-state index in [2.05, 4.69) is 31.2 Å². The first-order chi connectivity index (χ1) is 10.7. The molecule has 0 aliphatic carbocycles. The average molecular weight is 299 g/mol. The fraction of sp³-hybridized carbons (Fsp3) is 0.389. The molecule has 1 amide bonds. The van der Waals surface area contributed by atoms with Gasteiger partial charge in [-0.25, -0.2) is 0 Å². The Balaban J connectivity index is 1.79. The van der Waals surface area contributed by atoms with Gasteiger partial charge in [0.25, 0.3) is 0 Å². The maximum absolute atomic E-state index is 12.6. The third-order valence-electron chi connectivity index (χ3n) is 4.11. The zero-order chi connectivity index (χ0) is 15.4. The summed E-state index contributed by atoms with van der Waals surface area (Å²) in [7, 11) is 0. The topological polar surface area (TPSA) is 42.7 Å². The zero-order valence-electron chi connectivity index (χ0n) is 12.8. The molecule has 116 valence electrons. The highest BCUT2D eigenvalue weighted by atomic mass is 16.5. The number of carbonyl (C=O) groups excluding carboxylic acids is 1. The molecule has 1 atom stereocenters. The second kappa shape index (κ2) is 6.79. The van der Waals surface area contributed by atoms with Crippen molar-refractivity contribution in [3.8, 4) is 0 Å². The summed E-state index contributed by atoms with van der Waals surface area (Å²) in [4.78, 5) is 14.5. The van der Waals surface area contributed by atoms with Gasteiger partial charge in [-0.2, -0.15) is 0 Å². The second-order valence-electron chi connectivity index (χ2n) is 5.68. The summed E-state index contributed by atoms with van der Waals surface area (Å²) >= 11 is 0. The van der Waals surface area contributed by atoms with E-state index in [-0.39, 0.29) is 11.8 Å². The van der Waals surface area contributed by atoms with Crippen molar-refractivity contribution in [2.24, 2.45) is 0 Å². The van der Waals surface area contributed by atoms with Crippen molar-refractivity contribution in [2.75, 3.05) is 26.3 Å². The van der Waals surface area contributed by atoms with Crippen LogP contribution in [0.1, 0.15) is 29.2 Å². The van der Waals surface area contributed by atoms with Gasteiger partial charge in [0.1, 0.15) is 5.76 Å². The molecule has 1 fully saturated rings. The van der Waals surface area contributed by atoms with Crippen molar-refractivity contribution in [1.29, 1.82) is 0 Å². The smallest absolute Gasteiger partial charge is 0.223 e. The average Bonchev–Trinajstić information content (AvgIpc) is 3.08. The van der Waals surface area contributed by atoms with E-state index >= 15 is 0 Å². The number of aryl methyl sites for hydroxylation is 1. The lowest BCUT2D eigenvalue weighted by molar-refractivity contribution is -0.135. The van der Waals surface area contributed by atoms with Crippen LogP contribution in [0.4, 0.5) is 0 Å². The van der Waals surface area contributed by atoms with Crippen molar-refractivity contribution in [1.82, 2.24) is 4.90 Å². The summed E-state index contributed by atoms with van der Waals surface area (Å²) in [5, 5.41) is 0. The van der Waals surface area contributed by atoms with E-state index in [0.29, 0.717) is 32.7 Å². The highest BCUT2D eigenvalue weighted by molar-refractivity contribution is 5.77. The van der Waals surface area contributed by atoms with Gasteiger partial charge in [-0.1, -0.05) is 29.8 Å². The number of amides is 1. The fourth-order valence-electron chi connectivity index (χ4n) is 2.79. The molecule has 4 nitrogen and oxygen atoms in total. The standard InChI is InChI=1S/C18H21NO3/c1-14-4-6-15(7-5-14)16(17-3-2-10-22-17)13-18(20)19-8-11-21-12-9-19/h2-7,10,16H,8-9,11-13H2,1H3/t16-/m0/s1. The highest BCUT2D eigenvalue weighted by Gasteiger charge is 2.25. The maximum Gasteiger partial charge on any atom is 0.223 e. The predicted octanol–water partition coefficient (Wildman–Crippen LogP) is 2.97. The minimum absolute atomic E-state index is 0.0362. The number of carbonyl (C=O) groups is 1. The molecule has 0 spiro atoms. The normalized spacial score (nSPS) is 16.5. The number of hydrogen-bond donors (Lipinski definition) is 0. The molecule has 1 saturated heterocycles. The molecule has 1 aliphatic rings. The van der Waals surface area contributed by atoms with Gasteiger partial charge in [-0.05, 0) is 24.6 Å². The van der Waals surface area contributed by atoms with Crippen LogP contribution in [0.25, 0.3) is 0 Å². The van der Waals surface area contributed by atoms with E-state index in [9.17, 15) is 4.79 Å². The molecule has 0 radical (unpaired) electrons. The van der Waals surface area contributed by atoms with E-state index in [1.807, 2.05) is 17.0 Å². The largest absolute Gasteiger partial charge is 0.469 e. The first kappa shape index (κ1) is 14.9. The maximum atomic E-state index is 12.6. The molecule has 0 bridgehead atoms. The van der Waals surface area contributed by atoms with Crippen molar-refractivity contribution in [2.45, 2.75) is 19.3 Å². The zero-order valence-corrected chi connectivity index (χ0v) is 12.8. The number of furan rings is 1. The quantitative estimate of drug-likeness (QED) is 0.871. The number of hydrogen-bond acceptors (Lipinski definition) is 3. The summed E-state index contributed by atoms with van der Waals surface area (Å²) in [6.07, 6.45) is 2.09. The van der Waals surface area contributed by atoms with Gasteiger partial charge >= 0.3 is 0 Å². The fourth-order valence-corrected chi connectivity index (χ4v) is 2.79. The Kier molecular flexibility index (Phi) is 4.59. The monoisotopic (exact) mass is 299 g/mol. The van der Waals surface area contributed by atoms with E-state index < -0.39 is 0 Å². The molecule has 1 aliphatic heterocycles. The Morgan fingerprint density at radius 2 is 1.91 bits per heavy atom. The first-order valence-corrected chi connectivity index (χ1v) is 7.69. The molecule has 4 heteroatoms. The van der Waals surface area contributed by atoms with Crippen molar-refractivity contribution in [3.63, 3.8) is 0 Å². The lowest BCUT2D eigenvalue weighted by atomic mass is 9.92. The molecule has 0 N–H and O–H groups in total. The minimum Gasteiger partial charge on any atom is -0.469 e. The van der Waals surface area contributed by atoms with Crippen LogP contribution in [0, 0.1) is 6.92 Å². The van der Waals surface area contributed by atoms with E-state index in [0.717, 1.165) is 11.3 Å². The molecular weight excluding hydrogens is 278 g/mol. The number of nitrogens with zero attached hydrogens (tertiary/aromatic N) is 1. The summed E-state index contributed by atoms with van der Waals surface area (Å²) in [6.45, 7) is 4.67. The van der Waals surface area contributed by atoms with Gasteiger partial charge in [-0.15, -0.1) is 0 Å². The van der Waals surface area contributed by atoms with Crippen LogP contribution in [0.5, 0.6) is 0 Å². The van der Waals surface area contributed by atoms with Crippen LogP contribution in [-0.4, -0.2) is 37.1 Å². The molecule has 1 aromatic heterocycles. The predicted molar refractivity (Wildman–Crippen MR) is 83.7 cm³/mol. The summed E-state index contributed by atoms with van der Waals surface area (Å²) in [5.74, 6) is 0.960. The lowest BCUT2D eigenvalue weighted by Gasteiger charge is -2.28.